The van der Waals surface area contributed by atoms with Crippen LogP contribution < -0.4 is 5.32 Å². The Morgan fingerprint density at radius 3 is 3.04 bits per heavy atom. The molecule has 0 bridgehead atoms. The number of hydrogen-bond donors (Lipinski definition) is 1. The van der Waals surface area contributed by atoms with Crippen LogP contribution in [0.15, 0.2) is 47.2 Å². The third-order valence-electron chi connectivity index (χ3n) is 3.29. The fraction of sp³-hybridized carbons (Fsp3) is 0.0667. The number of hydrogen-bond acceptors (Lipinski definition) is 5. The van der Waals surface area contributed by atoms with Gasteiger partial charge in [-0.2, -0.15) is 0 Å². The van der Waals surface area contributed by atoms with Crippen molar-refractivity contribution in [3.8, 4) is 11.3 Å². The van der Waals surface area contributed by atoms with E-state index in [1.807, 2.05) is 12.1 Å². The maximum atomic E-state index is 13.3. The number of anilines is 1. The highest BCUT2D eigenvalue weighted by molar-refractivity contribution is 7.20. The Bertz CT molecular complexity index is 963. The van der Waals surface area contributed by atoms with Gasteiger partial charge in [-0.25, -0.2) is 13.9 Å². The van der Waals surface area contributed by atoms with Crippen molar-refractivity contribution in [2.24, 2.45) is 0 Å². The van der Waals surface area contributed by atoms with E-state index in [0.29, 0.717) is 6.54 Å². The van der Waals surface area contributed by atoms with Crippen LogP contribution in [0.5, 0.6) is 0 Å². The van der Waals surface area contributed by atoms with E-state index in [1.54, 1.807) is 29.1 Å². The number of aromatic nitrogens is 3. The highest BCUT2D eigenvalue weighted by Crippen LogP contribution is 2.28. The number of nitrogens with one attached hydrogen (secondary N) is 1. The molecule has 0 saturated heterocycles. The fourth-order valence-corrected chi connectivity index (χ4v) is 3.14. The first kappa shape index (κ1) is 14.2. The number of benzene rings is 1. The summed E-state index contributed by atoms with van der Waals surface area (Å²) in [5.74, 6) is 0.374. The van der Waals surface area contributed by atoms with E-state index >= 15 is 0 Å². The molecule has 1 N–H and O–H groups in total. The highest BCUT2D eigenvalue weighted by atomic mass is 35.5. The molecular weight excluding hydrogens is 339 g/mol. The van der Waals surface area contributed by atoms with Crippen molar-refractivity contribution in [1.82, 2.24) is 14.6 Å². The van der Waals surface area contributed by atoms with Crippen LogP contribution in [0.2, 0.25) is 5.02 Å². The minimum atomic E-state index is -0.449. The Balaban J connectivity index is 1.64. The van der Waals surface area contributed by atoms with Crippen molar-refractivity contribution in [1.29, 1.82) is 0 Å². The molecule has 0 saturated carbocycles. The number of rotatable bonds is 4. The van der Waals surface area contributed by atoms with E-state index in [0.717, 1.165) is 27.1 Å². The van der Waals surface area contributed by atoms with Crippen LogP contribution in [0.1, 0.15) is 5.76 Å². The lowest BCUT2D eigenvalue weighted by Gasteiger charge is -2.01. The van der Waals surface area contributed by atoms with E-state index in [2.05, 4.69) is 15.4 Å². The van der Waals surface area contributed by atoms with Gasteiger partial charge in [0.2, 0.25) is 10.1 Å². The van der Waals surface area contributed by atoms with E-state index in [1.165, 1.54) is 17.4 Å². The predicted molar refractivity (Wildman–Crippen MR) is 87.3 cm³/mol. The molecule has 5 nitrogen and oxygen atoms in total. The zero-order valence-electron chi connectivity index (χ0n) is 11.7. The number of nitrogens with zero attached hydrogens (tertiary/aromatic N) is 3. The Kier molecular flexibility index (Phi) is 3.51. The average Bonchev–Trinajstić information content (AvgIpc) is 3.24. The molecule has 0 atom stereocenters. The molecule has 0 aliphatic rings. The molecule has 8 heteroatoms. The minimum Gasteiger partial charge on any atom is -0.467 e. The van der Waals surface area contributed by atoms with Gasteiger partial charge in [0.05, 0.1) is 29.7 Å². The molecule has 3 aromatic heterocycles. The molecule has 4 rings (SSSR count). The van der Waals surface area contributed by atoms with Gasteiger partial charge in [-0.15, -0.1) is 5.10 Å². The molecular formula is C15H10ClFN4OS. The summed E-state index contributed by atoms with van der Waals surface area (Å²) in [6.07, 6.45) is 3.32. The molecule has 4 aromatic rings. The van der Waals surface area contributed by atoms with Gasteiger partial charge in [-0.1, -0.05) is 22.9 Å². The lowest BCUT2D eigenvalue weighted by atomic mass is 10.2. The number of furan rings is 1. The van der Waals surface area contributed by atoms with E-state index in [4.69, 9.17) is 16.0 Å². The molecule has 116 valence electrons. The summed E-state index contributed by atoms with van der Waals surface area (Å²) in [5.41, 5.74) is 1.51. The molecule has 0 aliphatic heterocycles. The summed E-state index contributed by atoms with van der Waals surface area (Å²) < 4.78 is 20.3. The standard InChI is InChI=1S/C15H10ClFN4OS/c16-11-6-9(3-4-12(11)17)13-8-19-15-21(13)20-14(23-15)18-7-10-2-1-5-22-10/h1-6,8H,7H2,(H,18,20). The van der Waals surface area contributed by atoms with Crippen molar-refractivity contribution >= 4 is 33.0 Å². The third-order valence-corrected chi connectivity index (χ3v) is 4.46. The molecule has 0 fully saturated rings. The summed E-state index contributed by atoms with van der Waals surface area (Å²) in [6, 6.07) is 8.27. The Labute approximate surface area is 139 Å². The van der Waals surface area contributed by atoms with E-state index < -0.39 is 5.82 Å². The van der Waals surface area contributed by atoms with Gasteiger partial charge in [0.25, 0.3) is 0 Å². The first-order valence-electron chi connectivity index (χ1n) is 6.77. The summed E-state index contributed by atoms with van der Waals surface area (Å²) in [6.45, 7) is 0.543. The summed E-state index contributed by atoms with van der Waals surface area (Å²) in [5, 5.41) is 8.47. The molecule has 0 unspecified atom stereocenters. The molecule has 0 aliphatic carbocycles. The van der Waals surface area contributed by atoms with Gasteiger partial charge in [-0.3, -0.25) is 0 Å². The van der Waals surface area contributed by atoms with Crippen molar-refractivity contribution in [3.63, 3.8) is 0 Å². The van der Waals surface area contributed by atoms with Gasteiger partial charge in [0, 0.05) is 5.56 Å². The minimum absolute atomic E-state index is 0.0730. The first-order chi connectivity index (χ1) is 11.2. The van der Waals surface area contributed by atoms with Crippen LogP contribution in [0.3, 0.4) is 0 Å². The van der Waals surface area contributed by atoms with Crippen LogP contribution in [0, 0.1) is 5.82 Å². The summed E-state index contributed by atoms with van der Waals surface area (Å²) in [7, 11) is 0. The van der Waals surface area contributed by atoms with Gasteiger partial charge in [0.15, 0.2) is 0 Å². The maximum absolute atomic E-state index is 13.3. The Hall–Kier alpha value is -2.38. The molecule has 3 heterocycles. The monoisotopic (exact) mass is 348 g/mol. The summed E-state index contributed by atoms with van der Waals surface area (Å²) >= 11 is 7.27. The van der Waals surface area contributed by atoms with Crippen molar-refractivity contribution in [3.05, 3.63) is 59.4 Å². The lowest BCUT2D eigenvalue weighted by Crippen LogP contribution is -1.98. The Morgan fingerprint density at radius 1 is 1.35 bits per heavy atom. The fourth-order valence-electron chi connectivity index (χ4n) is 2.19. The third kappa shape index (κ3) is 2.69. The molecule has 1 aromatic carbocycles. The van der Waals surface area contributed by atoms with Crippen LogP contribution in [-0.2, 0) is 6.54 Å². The maximum Gasteiger partial charge on any atom is 0.214 e. The number of fused-ring (bicyclic) bond motifs is 1. The quantitative estimate of drug-likeness (QED) is 0.591. The molecule has 0 radical (unpaired) electrons. The highest BCUT2D eigenvalue weighted by Gasteiger charge is 2.13. The normalized spacial score (nSPS) is 11.2. The van der Waals surface area contributed by atoms with Crippen molar-refractivity contribution in [2.45, 2.75) is 6.54 Å². The average molecular weight is 349 g/mol. The molecule has 0 spiro atoms. The molecule has 23 heavy (non-hydrogen) atoms. The van der Waals surface area contributed by atoms with Gasteiger partial charge in [0.1, 0.15) is 11.6 Å². The topological polar surface area (TPSA) is 55.4 Å². The SMILES string of the molecule is Fc1ccc(-c2cnc3sc(NCc4ccco4)nn23)cc1Cl. The van der Waals surface area contributed by atoms with Crippen molar-refractivity contribution in [2.75, 3.05) is 5.32 Å². The van der Waals surface area contributed by atoms with Crippen LogP contribution in [0.4, 0.5) is 9.52 Å². The van der Waals surface area contributed by atoms with E-state index in [9.17, 15) is 4.39 Å². The van der Waals surface area contributed by atoms with Gasteiger partial charge in [-0.05, 0) is 30.3 Å². The van der Waals surface area contributed by atoms with Crippen molar-refractivity contribution < 1.29 is 8.81 Å². The largest absolute Gasteiger partial charge is 0.467 e. The van der Waals surface area contributed by atoms with Crippen LogP contribution >= 0.6 is 22.9 Å². The second-order valence-corrected chi connectivity index (χ2v) is 6.17. The predicted octanol–water partition coefficient (Wildman–Crippen LogP) is 4.46. The first-order valence-corrected chi connectivity index (χ1v) is 7.96. The zero-order chi connectivity index (χ0) is 15.8. The van der Waals surface area contributed by atoms with Crippen LogP contribution in [-0.4, -0.2) is 14.6 Å². The Morgan fingerprint density at radius 2 is 2.26 bits per heavy atom. The van der Waals surface area contributed by atoms with Gasteiger partial charge >= 0.3 is 0 Å². The number of imidazole rings is 1. The van der Waals surface area contributed by atoms with Crippen LogP contribution in [0.25, 0.3) is 16.2 Å². The second-order valence-electron chi connectivity index (χ2n) is 4.81. The lowest BCUT2D eigenvalue weighted by molar-refractivity contribution is 0.518. The van der Waals surface area contributed by atoms with Gasteiger partial charge < -0.3 is 9.73 Å². The van der Waals surface area contributed by atoms with E-state index in [-0.39, 0.29) is 5.02 Å². The smallest absolute Gasteiger partial charge is 0.214 e. The summed E-state index contributed by atoms with van der Waals surface area (Å²) in [4.78, 5) is 5.07. The molecule has 0 amide bonds. The zero-order valence-corrected chi connectivity index (χ0v) is 13.2. The number of halogens is 2. The second kappa shape index (κ2) is 5.68.